The molecule has 0 saturated carbocycles. The molecule has 12 heavy (non-hydrogen) atoms. The van der Waals surface area contributed by atoms with Crippen molar-refractivity contribution in [2.45, 2.75) is 0 Å². The maximum atomic E-state index is 4.96. The van der Waals surface area contributed by atoms with Gasteiger partial charge in [0, 0.05) is 11.5 Å². The minimum absolute atomic E-state index is 0.694. The van der Waals surface area contributed by atoms with E-state index in [0.29, 0.717) is 5.75 Å². The van der Waals surface area contributed by atoms with Gasteiger partial charge in [0.15, 0.2) is 0 Å². The third-order valence-corrected chi connectivity index (χ3v) is 1.20. The zero-order valence-electron chi connectivity index (χ0n) is 7.13. The van der Waals surface area contributed by atoms with Crippen molar-refractivity contribution >= 4 is 9.69 Å². The molecule has 0 aliphatic heterocycles. The zero-order valence-corrected chi connectivity index (χ0v) is 10.9. The van der Waals surface area contributed by atoms with Crippen LogP contribution in [0.3, 0.4) is 0 Å². The summed E-state index contributed by atoms with van der Waals surface area (Å²) in [6.07, 6.45) is 0. The molecule has 0 radical (unpaired) electrons. The molecule has 0 saturated heterocycles. The van der Waals surface area contributed by atoms with Crippen molar-refractivity contribution < 1.29 is 26.8 Å². The fourth-order valence-electron chi connectivity index (χ4n) is 0.670. The number of methoxy groups -OCH3 is 2. The second-order valence-corrected chi connectivity index (χ2v) is 1.80. The monoisotopic (exact) mass is 236 g/mol. The average molecular weight is 238 g/mol. The minimum atomic E-state index is 0.694. The molecule has 0 bridgehead atoms. The average Bonchev–Trinajstić information content (AvgIpc) is 2.21. The van der Waals surface area contributed by atoms with E-state index in [2.05, 4.69) is 6.07 Å². The molecule has 0 aliphatic carbocycles. The van der Waals surface area contributed by atoms with E-state index in [1.807, 2.05) is 6.07 Å². The summed E-state index contributed by atoms with van der Waals surface area (Å²) in [6, 6.07) is 8.25. The van der Waals surface area contributed by atoms with Crippen LogP contribution in [-0.4, -0.2) is 14.2 Å². The number of benzene rings is 1. The van der Waals surface area contributed by atoms with Gasteiger partial charge in [0.25, 0.3) is 0 Å². The molecule has 0 spiro atoms. The third kappa shape index (κ3) is 3.94. The van der Waals surface area contributed by atoms with Crippen LogP contribution < -0.4 is 9.47 Å². The third-order valence-electron chi connectivity index (χ3n) is 1.20. The van der Waals surface area contributed by atoms with Crippen LogP contribution in [-0.2, 0) is 17.3 Å². The summed E-state index contributed by atoms with van der Waals surface area (Å²) in [5.41, 5.74) is 0. The molecule has 0 N–H and O–H groups in total. The van der Waals surface area contributed by atoms with Crippen LogP contribution >= 0.6 is 9.69 Å². The first kappa shape index (κ1) is 11.7. The summed E-state index contributed by atoms with van der Waals surface area (Å²) >= 11 is 0.847. The number of hydrogen-bond acceptors (Lipinski definition) is 2. The number of hydrogen-bond donors (Lipinski definition) is 0. The van der Waals surface area contributed by atoms with Gasteiger partial charge in [0.1, 0.15) is 0 Å². The van der Waals surface area contributed by atoms with Crippen molar-refractivity contribution in [1.29, 1.82) is 0 Å². The Kier molecular flexibility index (Phi) is 7.22. The van der Waals surface area contributed by atoms with Gasteiger partial charge < -0.3 is 9.47 Å². The quantitative estimate of drug-likeness (QED) is 0.580. The van der Waals surface area contributed by atoms with Crippen molar-refractivity contribution in [3.8, 4) is 11.5 Å². The van der Waals surface area contributed by atoms with Gasteiger partial charge in [-0.15, -0.1) is 12.1 Å². The van der Waals surface area contributed by atoms with E-state index < -0.39 is 0 Å². The molecule has 0 unspecified atom stereocenters. The normalized spacial score (nSPS) is 8.08. The Morgan fingerprint density at radius 3 is 2.50 bits per heavy atom. The van der Waals surface area contributed by atoms with E-state index in [1.165, 1.54) is 0 Å². The van der Waals surface area contributed by atoms with Crippen LogP contribution in [0.1, 0.15) is 0 Å². The molecule has 0 aromatic heterocycles. The summed E-state index contributed by atoms with van der Waals surface area (Å²) in [7, 11) is 7.99. The molecular weight excluding hydrogens is 229 g/mol. The van der Waals surface area contributed by atoms with E-state index >= 15 is 0 Å². The summed E-state index contributed by atoms with van der Waals surface area (Å²) in [5, 5.41) is 0. The van der Waals surface area contributed by atoms with Crippen molar-refractivity contribution in [3.63, 3.8) is 0 Å². The second kappa shape index (κ2) is 7.39. The van der Waals surface area contributed by atoms with Gasteiger partial charge >= 0.3 is 27.0 Å². The Bertz CT molecular complexity index is 199. The van der Waals surface area contributed by atoms with E-state index in [9.17, 15) is 0 Å². The van der Waals surface area contributed by atoms with Crippen LogP contribution in [0.25, 0.3) is 0 Å². The molecule has 4 heteroatoms. The first-order chi connectivity index (χ1) is 5.86. The second-order valence-electron chi connectivity index (χ2n) is 1.80. The van der Waals surface area contributed by atoms with Crippen LogP contribution in [0.5, 0.6) is 11.5 Å². The summed E-state index contributed by atoms with van der Waals surface area (Å²) < 4.78 is 9.88. The topological polar surface area (TPSA) is 18.5 Å². The van der Waals surface area contributed by atoms with Crippen LogP contribution in [0, 0.1) is 6.07 Å². The van der Waals surface area contributed by atoms with Gasteiger partial charge in [-0.05, 0) is 0 Å². The van der Waals surface area contributed by atoms with Crippen LogP contribution in [0.2, 0.25) is 0 Å². The van der Waals surface area contributed by atoms with E-state index in [1.54, 1.807) is 26.4 Å². The molecule has 0 fully saturated rings. The molecular formula is C8H9ClO2Zn. The van der Waals surface area contributed by atoms with Gasteiger partial charge in [0.05, 0.1) is 14.2 Å². The first-order valence-electron chi connectivity index (χ1n) is 3.23. The van der Waals surface area contributed by atoms with Crippen LogP contribution in [0.4, 0.5) is 0 Å². The molecule has 1 rings (SSSR count). The molecule has 0 amide bonds. The van der Waals surface area contributed by atoms with Crippen molar-refractivity contribution in [2.24, 2.45) is 0 Å². The van der Waals surface area contributed by atoms with Gasteiger partial charge in [-0.1, -0.05) is 6.07 Å². The van der Waals surface area contributed by atoms with Crippen molar-refractivity contribution in [1.82, 2.24) is 0 Å². The molecule has 0 heterocycles. The Balaban J connectivity index is 0.000000561. The SMILES string of the molecule is COc1[c-]ccc(OC)c1.[Cl][Zn+]. The number of ether oxygens (including phenoxy) is 2. The fourth-order valence-corrected chi connectivity index (χ4v) is 0.670. The Labute approximate surface area is 86.5 Å². The number of halogens is 1. The van der Waals surface area contributed by atoms with E-state index in [4.69, 9.17) is 19.2 Å². The molecule has 1 aromatic carbocycles. The van der Waals surface area contributed by atoms with Gasteiger partial charge in [-0.25, -0.2) is 0 Å². The predicted molar refractivity (Wildman–Crippen MR) is 44.2 cm³/mol. The number of rotatable bonds is 2. The van der Waals surface area contributed by atoms with E-state index in [-0.39, 0.29) is 0 Å². The summed E-state index contributed by atoms with van der Waals surface area (Å²) in [5.74, 6) is 1.48. The molecule has 0 aliphatic rings. The Morgan fingerprint density at radius 1 is 1.33 bits per heavy atom. The predicted octanol–water partition coefficient (Wildman–Crippen LogP) is 2.19. The maximum absolute atomic E-state index is 4.96. The van der Waals surface area contributed by atoms with Gasteiger partial charge in [-0.3, -0.25) is 0 Å². The van der Waals surface area contributed by atoms with Gasteiger partial charge in [-0.2, -0.15) is 6.07 Å². The standard InChI is InChI=1S/C8H9O2.ClH.Zn/c1-9-7-4-3-5-8(6-7)10-2;;/h3-4,6H,1-2H3;1H;/q-1;;+2/p-1. The fraction of sp³-hybridized carbons (Fsp3) is 0.250. The Morgan fingerprint density at radius 2 is 2.00 bits per heavy atom. The molecule has 0 atom stereocenters. The summed E-state index contributed by atoms with van der Waals surface area (Å²) in [6.45, 7) is 0. The van der Waals surface area contributed by atoms with Crippen molar-refractivity contribution in [2.75, 3.05) is 14.2 Å². The van der Waals surface area contributed by atoms with Crippen LogP contribution in [0.15, 0.2) is 18.2 Å². The zero-order chi connectivity index (χ0) is 9.40. The molecule has 62 valence electrons. The van der Waals surface area contributed by atoms with E-state index in [0.717, 1.165) is 23.1 Å². The Hall–Kier alpha value is -0.267. The molecule has 2 nitrogen and oxygen atoms in total. The molecule has 1 aromatic rings. The summed E-state index contributed by atoms with van der Waals surface area (Å²) in [4.78, 5) is 0. The van der Waals surface area contributed by atoms with Gasteiger partial charge in [0.2, 0.25) is 0 Å². The first-order valence-corrected chi connectivity index (χ1v) is 7.13. The van der Waals surface area contributed by atoms with Crippen molar-refractivity contribution in [3.05, 3.63) is 24.3 Å².